The van der Waals surface area contributed by atoms with Crippen LogP contribution in [0, 0.1) is 6.92 Å². The molecule has 1 atom stereocenters. The van der Waals surface area contributed by atoms with Crippen LogP contribution in [0.15, 0.2) is 4.47 Å². The minimum Gasteiger partial charge on any atom is -0.309 e. The Morgan fingerprint density at radius 3 is 2.65 bits per heavy atom. The Bertz CT molecular complexity index is 347. The molecule has 0 spiro atoms. The lowest BCUT2D eigenvalue weighted by molar-refractivity contribution is 0.476. The lowest BCUT2D eigenvalue weighted by atomic mass is 10.1. The molecule has 0 amide bonds. The van der Waals surface area contributed by atoms with E-state index >= 15 is 0 Å². The van der Waals surface area contributed by atoms with E-state index in [1.54, 1.807) is 0 Å². The fourth-order valence-corrected chi connectivity index (χ4v) is 2.42. The maximum absolute atomic E-state index is 4.39. The van der Waals surface area contributed by atoms with Crippen LogP contribution < -0.4 is 5.32 Å². The van der Waals surface area contributed by atoms with Gasteiger partial charge in [-0.3, -0.25) is 4.68 Å². The van der Waals surface area contributed by atoms with E-state index in [9.17, 15) is 0 Å². The number of halogens is 1. The molecule has 0 saturated heterocycles. The van der Waals surface area contributed by atoms with Crippen molar-refractivity contribution in [1.82, 2.24) is 15.1 Å². The van der Waals surface area contributed by atoms with Crippen LogP contribution in [0.4, 0.5) is 0 Å². The Morgan fingerprint density at radius 1 is 1.41 bits per heavy atom. The van der Waals surface area contributed by atoms with E-state index < -0.39 is 0 Å². The van der Waals surface area contributed by atoms with E-state index in [1.165, 1.54) is 31.4 Å². The maximum Gasteiger partial charge on any atom is 0.0739 e. The molecule has 1 aromatic rings. The Hall–Kier alpha value is -0.350. The molecule has 0 radical (unpaired) electrons. The molecule has 1 heterocycles. The Kier molecular flexibility index (Phi) is 6.20. The number of nitrogens with zero attached hydrogens (tertiary/aromatic N) is 2. The van der Waals surface area contributed by atoms with Gasteiger partial charge in [-0.2, -0.15) is 5.10 Å². The zero-order valence-electron chi connectivity index (χ0n) is 11.4. The van der Waals surface area contributed by atoms with Gasteiger partial charge in [0.05, 0.1) is 15.9 Å². The van der Waals surface area contributed by atoms with Gasteiger partial charge in [0.15, 0.2) is 0 Å². The van der Waals surface area contributed by atoms with Crippen molar-refractivity contribution in [3.8, 4) is 0 Å². The van der Waals surface area contributed by atoms with Gasteiger partial charge >= 0.3 is 0 Å². The number of rotatable bonds is 7. The molecule has 4 heteroatoms. The second-order valence-electron chi connectivity index (χ2n) is 4.75. The molecule has 0 saturated carbocycles. The summed E-state index contributed by atoms with van der Waals surface area (Å²) < 4.78 is 3.08. The summed E-state index contributed by atoms with van der Waals surface area (Å²) in [6.45, 7) is 7.41. The summed E-state index contributed by atoms with van der Waals surface area (Å²) in [5.41, 5.74) is 2.28. The van der Waals surface area contributed by atoms with Gasteiger partial charge in [-0.1, -0.05) is 26.2 Å². The van der Waals surface area contributed by atoms with Crippen molar-refractivity contribution in [2.24, 2.45) is 7.05 Å². The molecule has 0 aromatic carbocycles. The van der Waals surface area contributed by atoms with Crippen LogP contribution >= 0.6 is 15.9 Å². The second-order valence-corrected chi connectivity index (χ2v) is 5.54. The first-order valence-corrected chi connectivity index (χ1v) is 7.26. The Balaban J connectivity index is 2.39. The normalized spacial score (nSPS) is 13.0. The molecule has 0 aliphatic rings. The molecule has 98 valence electrons. The molecule has 3 nitrogen and oxygen atoms in total. The summed E-state index contributed by atoms with van der Waals surface area (Å²) in [5, 5.41) is 7.96. The van der Waals surface area contributed by atoms with Crippen LogP contribution in [-0.4, -0.2) is 15.8 Å². The number of hydrogen-bond acceptors (Lipinski definition) is 2. The van der Waals surface area contributed by atoms with Crippen LogP contribution in [0.5, 0.6) is 0 Å². The van der Waals surface area contributed by atoms with Gasteiger partial charge < -0.3 is 5.32 Å². The summed E-state index contributed by atoms with van der Waals surface area (Å²) in [6, 6.07) is 0.573. The van der Waals surface area contributed by atoms with Crippen molar-refractivity contribution in [3.05, 3.63) is 15.9 Å². The number of aryl methyl sites for hydroxylation is 2. The summed E-state index contributed by atoms with van der Waals surface area (Å²) in [7, 11) is 2.00. The third-order valence-electron chi connectivity index (χ3n) is 3.12. The molecule has 0 aliphatic carbocycles. The van der Waals surface area contributed by atoms with Gasteiger partial charge in [-0.05, 0) is 36.2 Å². The van der Waals surface area contributed by atoms with Crippen LogP contribution in [0.25, 0.3) is 0 Å². The van der Waals surface area contributed by atoms with Gasteiger partial charge in [-0.15, -0.1) is 0 Å². The molecule has 17 heavy (non-hydrogen) atoms. The minimum atomic E-state index is 0.573. The monoisotopic (exact) mass is 301 g/mol. The predicted octanol–water partition coefficient (Wildman–Crippen LogP) is 3.55. The lowest BCUT2D eigenvalue weighted by Gasteiger charge is -2.13. The van der Waals surface area contributed by atoms with Crippen molar-refractivity contribution >= 4 is 15.9 Å². The van der Waals surface area contributed by atoms with E-state index in [-0.39, 0.29) is 0 Å². The standard InChI is InChI=1S/C13H24BrN3/c1-5-6-7-8-10(2)15-9-12-13(14)11(3)16-17(12)4/h10,15H,5-9H2,1-4H3. The first-order valence-electron chi connectivity index (χ1n) is 6.47. The summed E-state index contributed by atoms with van der Waals surface area (Å²) in [4.78, 5) is 0. The number of unbranched alkanes of at least 4 members (excludes halogenated alkanes) is 2. The highest BCUT2D eigenvalue weighted by atomic mass is 79.9. The molecule has 1 aromatic heterocycles. The average molecular weight is 302 g/mol. The first-order chi connectivity index (χ1) is 8.06. The zero-order chi connectivity index (χ0) is 12.8. The lowest BCUT2D eigenvalue weighted by Crippen LogP contribution is -2.26. The summed E-state index contributed by atoms with van der Waals surface area (Å²) >= 11 is 3.59. The smallest absolute Gasteiger partial charge is 0.0739 e. The highest BCUT2D eigenvalue weighted by molar-refractivity contribution is 9.10. The zero-order valence-corrected chi connectivity index (χ0v) is 13.0. The molecule has 1 unspecified atom stereocenters. The topological polar surface area (TPSA) is 29.9 Å². The van der Waals surface area contributed by atoms with E-state index in [4.69, 9.17) is 0 Å². The fraction of sp³-hybridized carbons (Fsp3) is 0.769. The third kappa shape index (κ3) is 4.43. The molecule has 0 aliphatic heterocycles. The molecule has 1 rings (SSSR count). The minimum absolute atomic E-state index is 0.573. The number of hydrogen-bond donors (Lipinski definition) is 1. The van der Waals surface area contributed by atoms with E-state index in [2.05, 4.69) is 40.2 Å². The number of nitrogens with one attached hydrogen (secondary N) is 1. The quantitative estimate of drug-likeness (QED) is 0.781. The molecule has 0 bridgehead atoms. The van der Waals surface area contributed by atoms with Crippen LogP contribution in [0.2, 0.25) is 0 Å². The maximum atomic E-state index is 4.39. The SMILES string of the molecule is CCCCCC(C)NCc1c(Br)c(C)nn1C. The molecular weight excluding hydrogens is 278 g/mol. The largest absolute Gasteiger partial charge is 0.309 e. The van der Waals surface area contributed by atoms with Crippen molar-refractivity contribution in [2.45, 2.75) is 59.0 Å². The molecule has 0 fully saturated rings. The van der Waals surface area contributed by atoms with E-state index in [1.807, 2.05) is 18.7 Å². The van der Waals surface area contributed by atoms with Gasteiger partial charge in [0.1, 0.15) is 0 Å². The van der Waals surface area contributed by atoms with Crippen LogP contribution in [0.1, 0.15) is 50.9 Å². The van der Waals surface area contributed by atoms with Crippen molar-refractivity contribution in [2.75, 3.05) is 0 Å². The van der Waals surface area contributed by atoms with Crippen molar-refractivity contribution in [1.29, 1.82) is 0 Å². The molecular formula is C13H24BrN3. The third-order valence-corrected chi connectivity index (χ3v) is 4.15. The Morgan fingerprint density at radius 2 is 2.12 bits per heavy atom. The summed E-state index contributed by atoms with van der Waals surface area (Å²) in [5.74, 6) is 0. The second kappa shape index (κ2) is 7.17. The Labute approximate surface area is 113 Å². The summed E-state index contributed by atoms with van der Waals surface area (Å²) in [6.07, 6.45) is 5.19. The van der Waals surface area contributed by atoms with Crippen molar-refractivity contribution in [3.63, 3.8) is 0 Å². The fourth-order valence-electron chi connectivity index (χ4n) is 1.95. The van der Waals surface area contributed by atoms with Gasteiger partial charge in [0.2, 0.25) is 0 Å². The van der Waals surface area contributed by atoms with Crippen molar-refractivity contribution < 1.29 is 0 Å². The average Bonchev–Trinajstić information content (AvgIpc) is 2.51. The highest BCUT2D eigenvalue weighted by Gasteiger charge is 2.11. The first kappa shape index (κ1) is 14.7. The molecule has 1 N–H and O–H groups in total. The van der Waals surface area contributed by atoms with E-state index in [0.717, 1.165) is 16.7 Å². The number of aromatic nitrogens is 2. The van der Waals surface area contributed by atoms with Gasteiger partial charge in [-0.25, -0.2) is 0 Å². The van der Waals surface area contributed by atoms with Crippen LogP contribution in [0.3, 0.4) is 0 Å². The predicted molar refractivity (Wildman–Crippen MR) is 76.1 cm³/mol. The van der Waals surface area contributed by atoms with E-state index in [0.29, 0.717) is 6.04 Å². The highest BCUT2D eigenvalue weighted by Crippen LogP contribution is 2.20. The van der Waals surface area contributed by atoms with Gasteiger partial charge in [0.25, 0.3) is 0 Å². The van der Waals surface area contributed by atoms with Gasteiger partial charge in [0, 0.05) is 19.6 Å². The van der Waals surface area contributed by atoms with Crippen LogP contribution in [-0.2, 0) is 13.6 Å².